The molecule has 0 radical (unpaired) electrons. The average Bonchev–Trinajstić information content (AvgIpc) is 2.53. The predicted molar refractivity (Wildman–Crippen MR) is 88.4 cm³/mol. The molecule has 2 rings (SSSR count). The Morgan fingerprint density at radius 3 is 2.45 bits per heavy atom. The Balaban J connectivity index is 2.62. The normalized spacial score (nSPS) is 17.9. The van der Waals surface area contributed by atoms with Gasteiger partial charge in [0.25, 0.3) is 0 Å². The standard InChI is InChI=1S/C17H18N2O2S/c1-10-15(11(2)20)16(14(9-18)17(19-10)22-4)12-5-7-13(21-3)8-6-12/h5-8,16,19H,1-4H3/t16-/m1/s1. The van der Waals surface area contributed by atoms with Gasteiger partial charge >= 0.3 is 0 Å². The van der Waals surface area contributed by atoms with Crippen LogP contribution in [0.2, 0.25) is 0 Å². The molecule has 1 aromatic carbocycles. The molecule has 0 saturated carbocycles. The van der Waals surface area contributed by atoms with E-state index in [1.54, 1.807) is 7.11 Å². The number of methoxy groups -OCH3 is 1. The summed E-state index contributed by atoms with van der Waals surface area (Å²) in [6, 6.07) is 9.76. The molecular weight excluding hydrogens is 296 g/mol. The molecule has 1 heterocycles. The van der Waals surface area contributed by atoms with Crippen LogP contribution in [0.5, 0.6) is 5.75 Å². The third-order valence-corrected chi connectivity index (χ3v) is 4.41. The van der Waals surface area contributed by atoms with Crippen LogP contribution in [0.25, 0.3) is 0 Å². The van der Waals surface area contributed by atoms with E-state index in [0.717, 1.165) is 22.0 Å². The van der Waals surface area contributed by atoms with Gasteiger partial charge in [-0.05, 0) is 37.8 Å². The maximum absolute atomic E-state index is 12.1. The molecule has 5 heteroatoms. The van der Waals surface area contributed by atoms with Crippen LogP contribution in [0, 0.1) is 11.3 Å². The van der Waals surface area contributed by atoms with Crippen LogP contribution >= 0.6 is 11.8 Å². The molecule has 0 fully saturated rings. The van der Waals surface area contributed by atoms with E-state index in [9.17, 15) is 10.1 Å². The highest BCUT2D eigenvalue weighted by molar-refractivity contribution is 8.02. The molecule has 0 aromatic heterocycles. The van der Waals surface area contributed by atoms with Gasteiger partial charge in [0.15, 0.2) is 5.78 Å². The third-order valence-electron chi connectivity index (χ3n) is 3.68. The van der Waals surface area contributed by atoms with Crippen LogP contribution in [0.4, 0.5) is 0 Å². The number of nitrogens with zero attached hydrogens (tertiary/aromatic N) is 1. The molecule has 1 aliphatic heterocycles. The van der Waals surface area contributed by atoms with Crippen molar-refractivity contribution in [3.05, 3.63) is 51.7 Å². The fourth-order valence-corrected chi connectivity index (χ4v) is 3.31. The molecule has 1 N–H and O–H groups in total. The summed E-state index contributed by atoms with van der Waals surface area (Å²) in [6.45, 7) is 3.41. The summed E-state index contributed by atoms with van der Waals surface area (Å²) in [5, 5.41) is 13.6. The number of allylic oxidation sites excluding steroid dienone is 3. The topological polar surface area (TPSA) is 62.1 Å². The first-order valence-corrected chi connectivity index (χ1v) is 8.06. The number of carbonyl (C=O) groups is 1. The molecular formula is C17H18N2O2S. The highest BCUT2D eigenvalue weighted by Gasteiger charge is 2.32. The highest BCUT2D eigenvalue weighted by atomic mass is 32.2. The Kier molecular flexibility index (Phi) is 4.94. The number of hydrogen-bond donors (Lipinski definition) is 1. The number of benzene rings is 1. The first kappa shape index (κ1) is 16.2. The molecule has 0 spiro atoms. The summed E-state index contributed by atoms with van der Waals surface area (Å²) in [6.07, 6.45) is 1.91. The molecule has 1 atom stereocenters. The molecule has 0 saturated heterocycles. The molecule has 0 aliphatic carbocycles. The summed E-state index contributed by atoms with van der Waals surface area (Å²) in [5.74, 6) is 0.381. The van der Waals surface area contributed by atoms with E-state index >= 15 is 0 Å². The second kappa shape index (κ2) is 6.71. The number of carbonyl (C=O) groups excluding carboxylic acids is 1. The molecule has 0 bridgehead atoms. The largest absolute Gasteiger partial charge is 0.497 e. The first-order valence-electron chi connectivity index (χ1n) is 6.84. The van der Waals surface area contributed by atoms with Crippen LogP contribution in [-0.4, -0.2) is 19.1 Å². The highest BCUT2D eigenvalue weighted by Crippen LogP contribution is 2.40. The second-order valence-corrected chi connectivity index (χ2v) is 5.80. The Hall–Kier alpha value is -2.19. The third kappa shape index (κ3) is 2.88. The molecule has 0 amide bonds. The molecule has 114 valence electrons. The lowest BCUT2D eigenvalue weighted by Gasteiger charge is -2.29. The van der Waals surface area contributed by atoms with Crippen molar-refractivity contribution in [3.8, 4) is 11.8 Å². The zero-order valence-electron chi connectivity index (χ0n) is 13.1. The van der Waals surface area contributed by atoms with Gasteiger partial charge in [0.2, 0.25) is 0 Å². The number of nitrogens with one attached hydrogen (secondary N) is 1. The summed E-state index contributed by atoms with van der Waals surface area (Å²) in [4.78, 5) is 12.1. The molecule has 1 aromatic rings. The molecule has 0 unspecified atom stereocenters. The van der Waals surface area contributed by atoms with Crippen molar-refractivity contribution in [2.24, 2.45) is 0 Å². The lowest BCUT2D eigenvalue weighted by Crippen LogP contribution is -2.26. The molecule has 1 aliphatic rings. The van der Waals surface area contributed by atoms with Crippen LogP contribution in [0.1, 0.15) is 25.3 Å². The number of Topliss-reactive ketones (excluding diaryl/α,β-unsaturated/α-hetero) is 1. The van der Waals surface area contributed by atoms with Gasteiger partial charge in [-0.2, -0.15) is 5.26 Å². The Morgan fingerprint density at radius 2 is 2.00 bits per heavy atom. The zero-order chi connectivity index (χ0) is 16.3. The van der Waals surface area contributed by atoms with E-state index in [0.29, 0.717) is 11.1 Å². The summed E-state index contributed by atoms with van der Waals surface area (Å²) < 4.78 is 5.17. The minimum Gasteiger partial charge on any atom is -0.497 e. The van der Waals surface area contributed by atoms with Crippen molar-refractivity contribution in [3.63, 3.8) is 0 Å². The van der Waals surface area contributed by atoms with Crippen molar-refractivity contribution in [1.82, 2.24) is 5.32 Å². The predicted octanol–water partition coefficient (Wildman–Crippen LogP) is 3.34. The first-order chi connectivity index (χ1) is 10.5. The number of thioether (sulfide) groups is 1. The van der Waals surface area contributed by atoms with Crippen molar-refractivity contribution < 1.29 is 9.53 Å². The van der Waals surface area contributed by atoms with Crippen LogP contribution in [0.15, 0.2) is 46.1 Å². The monoisotopic (exact) mass is 314 g/mol. The Morgan fingerprint density at radius 1 is 1.36 bits per heavy atom. The number of dihydropyridines is 1. The lowest BCUT2D eigenvalue weighted by molar-refractivity contribution is -0.113. The van der Waals surface area contributed by atoms with E-state index in [1.807, 2.05) is 37.4 Å². The quantitative estimate of drug-likeness (QED) is 0.923. The van der Waals surface area contributed by atoms with Gasteiger partial charge < -0.3 is 10.1 Å². The van der Waals surface area contributed by atoms with Gasteiger partial charge in [-0.1, -0.05) is 12.1 Å². The fraction of sp³-hybridized carbons (Fsp3) is 0.294. The lowest BCUT2D eigenvalue weighted by atomic mass is 9.81. The van der Waals surface area contributed by atoms with Crippen LogP contribution < -0.4 is 10.1 Å². The van der Waals surface area contributed by atoms with E-state index < -0.39 is 0 Å². The van der Waals surface area contributed by atoms with Gasteiger partial charge in [0, 0.05) is 11.3 Å². The smallest absolute Gasteiger partial charge is 0.158 e. The molecule has 4 nitrogen and oxygen atoms in total. The zero-order valence-corrected chi connectivity index (χ0v) is 13.9. The fourth-order valence-electron chi connectivity index (χ4n) is 2.67. The van der Waals surface area contributed by atoms with Crippen molar-refractivity contribution in [2.45, 2.75) is 19.8 Å². The number of rotatable bonds is 4. The number of ketones is 1. The van der Waals surface area contributed by atoms with E-state index in [-0.39, 0.29) is 11.7 Å². The SMILES string of the molecule is COc1ccc([C@@H]2C(C#N)=C(SC)NC(C)=C2C(C)=O)cc1. The minimum atomic E-state index is -0.336. The summed E-state index contributed by atoms with van der Waals surface area (Å²) in [7, 11) is 1.61. The second-order valence-electron chi connectivity index (χ2n) is 4.98. The van der Waals surface area contributed by atoms with Gasteiger partial charge in [0.1, 0.15) is 5.75 Å². The summed E-state index contributed by atoms with van der Waals surface area (Å²) >= 11 is 1.48. The minimum absolute atomic E-state index is 0.0290. The van der Waals surface area contributed by atoms with Crippen molar-refractivity contribution in [1.29, 1.82) is 5.26 Å². The average molecular weight is 314 g/mol. The van der Waals surface area contributed by atoms with E-state index in [2.05, 4.69) is 11.4 Å². The van der Waals surface area contributed by atoms with Crippen LogP contribution in [-0.2, 0) is 4.79 Å². The number of nitriles is 1. The van der Waals surface area contributed by atoms with Gasteiger partial charge in [0.05, 0.1) is 29.7 Å². The maximum atomic E-state index is 12.1. The maximum Gasteiger partial charge on any atom is 0.158 e. The Labute approximate surface area is 134 Å². The number of ether oxygens (including phenoxy) is 1. The Bertz CT molecular complexity index is 696. The van der Waals surface area contributed by atoms with Crippen LogP contribution in [0.3, 0.4) is 0 Å². The van der Waals surface area contributed by atoms with E-state index in [1.165, 1.54) is 18.7 Å². The van der Waals surface area contributed by atoms with Gasteiger partial charge in [-0.15, -0.1) is 11.8 Å². The van der Waals surface area contributed by atoms with E-state index in [4.69, 9.17) is 4.74 Å². The van der Waals surface area contributed by atoms with Crippen molar-refractivity contribution in [2.75, 3.05) is 13.4 Å². The number of hydrogen-bond acceptors (Lipinski definition) is 5. The molecule has 22 heavy (non-hydrogen) atoms. The van der Waals surface area contributed by atoms with Gasteiger partial charge in [-0.3, -0.25) is 4.79 Å². The van der Waals surface area contributed by atoms with Crippen molar-refractivity contribution >= 4 is 17.5 Å². The van der Waals surface area contributed by atoms with Gasteiger partial charge in [-0.25, -0.2) is 0 Å². The summed E-state index contributed by atoms with van der Waals surface area (Å²) in [5.41, 5.74) is 2.93.